The zero-order chi connectivity index (χ0) is 23.6. The molecule has 0 saturated heterocycles. The van der Waals surface area contributed by atoms with Crippen LogP contribution in [0.2, 0.25) is 0 Å². The van der Waals surface area contributed by atoms with Crippen molar-refractivity contribution in [3.63, 3.8) is 0 Å². The minimum Gasteiger partial charge on any atom is -0.208 e. The lowest BCUT2D eigenvalue weighted by Crippen LogP contribution is -2.01. The largest absolute Gasteiger partial charge is 0.208 e. The van der Waals surface area contributed by atoms with Gasteiger partial charge in [-0.15, -0.1) is 0 Å². The molecule has 0 atom stereocenters. The SMILES string of the molecule is Brc1ccc2ccccc2c1-c1ccccc1-c1nc(-c2ccccc2)nc(-c2ccccc2)n1. The van der Waals surface area contributed by atoms with E-state index in [-0.39, 0.29) is 0 Å². The van der Waals surface area contributed by atoms with Crippen molar-refractivity contribution in [2.45, 2.75) is 0 Å². The summed E-state index contributed by atoms with van der Waals surface area (Å²) in [5.74, 6) is 1.95. The summed E-state index contributed by atoms with van der Waals surface area (Å²) in [5, 5.41) is 2.36. The Morgan fingerprint density at radius 1 is 0.429 bits per heavy atom. The maximum Gasteiger partial charge on any atom is 0.164 e. The Bertz CT molecular complexity index is 1590. The van der Waals surface area contributed by atoms with Crippen molar-refractivity contribution in [2.75, 3.05) is 0 Å². The molecule has 0 spiro atoms. The second kappa shape index (κ2) is 9.24. The van der Waals surface area contributed by atoms with Crippen molar-refractivity contribution < 1.29 is 0 Å². The fourth-order valence-electron chi connectivity index (χ4n) is 4.34. The van der Waals surface area contributed by atoms with Gasteiger partial charge in [0.05, 0.1) is 0 Å². The molecule has 0 amide bonds. The van der Waals surface area contributed by atoms with Gasteiger partial charge in [0, 0.05) is 26.7 Å². The van der Waals surface area contributed by atoms with E-state index in [1.807, 2.05) is 66.7 Å². The second-order valence-electron chi connectivity index (χ2n) is 8.23. The highest BCUT2D eigenvalue weighted by molar-refractivity contribution is 9.10. The Morgan fingerprint density at radius 3 is 1.60 bits per heavy atom. The predicted molar refractivity (Wildman–Crippen MR) is 147 cm³/mol. The number of nitrogens with zero attached hydrogens (tertiary/aromatic N) is 3. The average Bonchev–Trinajstić information content (AvgIpc) is 2.94. The summed E-state index contributed by atoms with van der Waals surface area (Å²) < 4.78 is 1.03. The fourth-order valence-corrected chi connectivity index (χ4v) is 4.90. The quantitative estimate of drug-likeness (QED) is 0.237. The number of hydrogen-bond donors (Lipinski definition) is 0. The first-order chi connectivity index (χ1) is 17.3. The molecule has 166 valence electrons. The second-order valence-corrected chi connectivity index (χ2v) is 9.08. The van der Waals surface area contributed by atoms with Gasteiger partial charge in [-0.1, -0.05) is 131 Å². The van der Waals surface area contributed by atoms with Crippen LogP contribution in [0.15, 0.2) is 126 Å². The number of hydrogen-bond acceptors (Lipinski definition) is 3. The summed E-state index contributed by atoms with van der Waals surface area (Å²) in [6.45, 7) is 0. The minimum absolute atomic E-state index is 0.646. The summed E-state index contributed by atoms with van der Waals surface area (Å²) in [4.78, 5) is 14.8. The van der Waals surface area contributed by atoms with Gasteiger partial charge in [-0.25, -0.2) is 15.0 Å². The minimum atomic E-state index is 0.646. The first-order valence-electron chi connectivity index (χ1n) is 11.4. The van der Waals surface area contributed by atoms with E-state index in [4.69, 9.17) is 15.0 Å². The third-order valence-corrected chi connectivity index (χ3v) is 6.68. The molecule has 4 heteroatoms. The van der Waals surface area contributed by atoms with Crippen molar-refractivity contribution >= 4 is 26.7 Å². The highest BCUT2D eigenvalue weighted by Gasteiger charge is 2.17. The van der Waals surface area contributed by atoms with Gasteiger partial charge in [0.25, 0.3) is 0 Å². The van der Waals surface area contributed by atoms with Gasteiger partial charge in [0.1, 0.15) is 0 Å². The molecule has 0 bridgehead atoms. The molecule has 0 aliphatic carbocycles. The van der Waals surface area contributed by atoms with Crippen LogP contribution in [0, 0.1) is 0 Å². The van der Waals surface area contributed by atoms with E-state index in [1.165, 1.54) is 10.8 Å². The molecular formula is C31H20BrN3. The van der Waals surface area contributed by atoms with Gasteiger partial charge in [0.2, 0.25) is 0 Å². The molecule has 1 aromatic heterocycles. The van der Waals surface area contributed by atoms with Gasteiger partial charge in [-0.3, -0.25) is 0 Å². The monoisotopic (exact) mass is 513 g/mol. The van der Waals surface area contributed by atoms with Crippen molar-refractivity contribution in [3.05, 3.63) is 126 Å². The van der Waals surface area contributed by atoms with Crippen LogP contribution in [0.3, 0.4) is 0 Å². The van der Waals surface area contributed by atoms with E-state index in [0.29, 0.717) is 17.5 Å². The van der Waals surface area contributed by atoms with Gasteiger partial charge >= 0.3 is 0 Å². The van der Waals surface area contributed by atoms with E-state index in [9.17, 15) is 0 Å². The molecule has 0 unspecified atom stereocenters. The molecule has 0 fully saturated rings. The third-order valence-electron chi connectivity index (χ3n) is 6.01. The van der Waals surface area contributed by atoms with Crippen molar-refractivity contribution in [1.29, 1.82) is 0 Å². The summed E-state index contributed by atoms with van der Waals surface area (Å²) in [7, 11) is 0. The molecule has 0 aliphatic rings. The standard InChI is InChI=1S/C31H20BrN3/c32-27-20-19-21-11-7-8-16-24(21)28(27)25-17-9-10-18-26(25)31-34-29(22-12-3-1-4-13-22)33-30(35-31)23-14-5-2-6-15-23/h1-20H. The average molecular weight is 514 g/mol. The van der Waals surface area contributed by atoms with E-state index in [0.717, 1.165) is 32.3 Å². The Kier molecular flexibility index (Phi) is 5.65. The van der Waals surface area contributed by atoms with E-state index in [1.54, 1.807) is 0 Å². The highest BCUT2D eigenvalue weighted by atomic mass is 79.9. The van der Waals surface area contributed by atoms with Crippen LogP contribution in [0.5, 0.6) is 0 Å². The van der Waals surface area contributed by atoms with Crippen LogP contribution in [0.1, 0.15) is 0 Å². The molecule has 0 aliphatic heterocycles. The maximum absolute atomic E-state index is 4.96. The number of fused-ring (bicyclic) bond motifs is 1. The molecule has 35 heavy (non-hydrogen) atoms. The first-order valence-corrected chi connectivity index (χ1v) is 12.2. The molecular weight excluding hydrogens is 494 g/mol. The van der Waals surface area contributed by atoms with Crippen LogP contribution in [0.4, 0.5) is 0 Å². The van der Waals surface area contributed by atoms with Crippen LogP contribution in [0.25, 0.3) is 56.1 Å². The maximum atomic E-state index is 4.96. The van der Waals surface area contributed by atoms with Crippen LogP contribution in [-0.4, -0.2) is 15.0 Å². The molecule has 0 saturated carbocycles. The predicted octanol–water partition coefficient (Wildman–Crippen LogP) is 8.46. The summed E-state index contributed by atoms with van der Waals surface area (Å²) in [6.07, 6.45) is 0. The van der Waals surface area contributed by atoms with Crippen LogP contribution >= 0.6 is 15.9 Å². The van der Waals surface area contributed by atoms with Gasteiger partial charge in [0.15, 0.2) is 17.5 Å². The number of halogens is 1. The molecule has 6 aromatic rings. The molecule has 5 aromatic carbocycles. The summed E-state index contributed by atoms with van der Waals surface area (Å²) in [6, 6.07) is 41.1. The number of benzene rings is 5. The third kappa shape index (κ3) is 4.13. The van der Waals surface area contributed by atoms with Crippen molar-refractivity contribution in [1.82, 2.24) is 15.0 Å². The molecule has 1 heterocycles. The van der Waals surface area contributed by atoms with E-state index in [2.05, 4.69) is 70.5 Å². The summed E-state index contributed by atoms with van der Waals surface area (Å²) >= 11 is 3.81. The van der Waals surface area contributed by atoms with Gasteiger partial charge < -0.3 is 0 Å². The Labute approximate surface area is 212 Å². The molecule has 0 radical (unpaired) electrons. The van der Waals surface area contributed by atoms with Crippen LogP contribution in [-0.2, 0) is 0 Å². The van der Waals surface area contributed by atoms with Gasteiger partial charge in [-0.05, 0) is 22.4 Å². The number of rotatable bonds is 4. The topological polar surface area (TPSA) is 38.7 Å². The normalized spacial score (nSPS) is 11.0. The molecule has 6 rings (SSSR count). The smallest absolute Gasteiger partial charge is 0.164 e. The Morgan fingerprint density at radius 2 is 0.943 bits per heavy atom. The number of aromatic nitrogens is 3. The molecule has 3 nitrogen and oxygen atoms in total. The van der Waals surface area contributed by atoms with E-state index >= 15 is 0 Å². The van der Waals surface area contributed by atoms with Gasteiger partial charge in [-0.2, -0.15) is 0 Å². The Hall–Kier alpha value is -4.15. The summed E-state index contributed by atoms with van der Waals surface area (Å²) in [5.41, 5.74) is 5.07. The van der Waals surface area contributed by atoms with Crippen molar-refractivity contribution in [2.24, 2.45) is 0 Å². The molecule has 0 N–H and O–H groups in total. The fraction of sp³-hybridized carbons (Fsp3) is 0. The first kappa shape index (κ1) is 21.4. The zero-order valence-corrected chi connectivity index (χ0v) is 20.4. The lowest BCUT2D eigenvalue weighted by molar-refractivity contribution is 1.07. The van der Waals surface area contributed by atoms with Crippen LogP contribution < -0.4 is 0 Å². The lowest BCUT2D eigenvalue weighted by Gasteiger charge is -2.15. The lowest BCUT2D eigenvalue weighted by atomic mass is 9.94. The van der Waals surface area contributed by atoms with E-state index < -0.39 is 0 Å². The highest BCUT2D eigenvalue weighted by Crippen LogP contribution is 2.40. The zero-order valence-electron chi connectivity index (χ0n) is 18.8. The van der Waals surface area contributed by atoms with Crippen molar-refractivity contribution in [3.8, 4) is 45.3 Å². The Balaban J connectivity index is 1.62.